The number of aryl methyl sites for hydroxylation is 1. The minimum absolute atomic E-state index is 0.195. The minimum Gasteiger partial charge on any atom is -0.321 e. The lowest BCUT2D eigenvalue weighted by Crippen LogP contribution is -2.13. The zero-order valence-electron chi connectivity index (χ0n) is 11.4. The average molecular weight is 297 g/mol. The number of amides is 1. The molecule has 0 saturated heterocycles. The number of fused-ring (bicyclic) bond motifs is 1. The second-order valence-corrected chi connectivity index (χ2v) is 5.22. The molecule has 0 unspecified atom stereocenters. The summed E-state index contributed by atoms with van der Waals surface area (Å²) in [5, 5.41) is 4.20. The van der Waals surface area contributed by atoms with Crippen LogP contribution in [0, 0.1) is 6.92 Å². The molecule has 0 fully saturated rings. The summed E-state index contributed by atoms with van der Waals surface area (Å²) in [5.74, 6) is -0.195. The Morgan fingerprint density at radius 2 is 1.95 bits per heavy atom. The summed E-state index contributed by atoms with van der Waals surface area (Å²) in [6.45, 7) is 1.95. The van der Waals surface area contributed by atoms with Gasteiger partial charge in [-0.05, 0) is 36.8 Å². The second-order valence-electron chi connectivity index (χ2n) is 4.81. The maximum absolute atomic E-state index is 12.5. The number of para-hydroxylation sites is 1. The summed E-state index contributed by atoms with van der Waals surface area (Å²) in [6, 6.07) is 14.8. The first-order valence-corrected chi connectivity index (χ1v) is 6.94. The van der Waals surface area contributed by atoms with Crippen LogP contribution in [0.5, 0.6) is 0 Å². The van der Waals surface area contributed by atoms with Crippen molar-refractivity contribution in [2.75, 3.05) is 5.32 Å². The molecule has 0 spiro atoms. The minimum atomic E-state index is -0.195. The van der Waals surface area contributed by atoms with E-state index in [2.05, 4.69) is 10.3 Å². The van der Waals surface area contributed by atoms with Gasteiger partial charge in [-0.2, -0.15) is 0 Å². The van der Waals surface area contributed by atoms with E-state index in [0.717, 1.165) is 16.5 Å². The van der Waals surface area contributed by atoms with Gasteiger partial charge in [-0.3, -0.25) is 9.78 Å². The van der Waals surface area contributed by atoms with Crippen LogP contribution in [0.4, 0.5) is 5.69 Å². The highest BCUT2D eigenvalue weighted by Gasteiger charge is 2.12. The number of carbonyl (C=O) groups is 1. The van der Waals surface area contributed by atoms with Gasteiger partial charge >= 0.3 is 0 Å². The Morgan fingerprint density at radius 1 is 1.14 bits per heavy atom. The molecule has 104 valence electrons. The van der Waals surface area contributed by atoms with E-state index in [1.54, 1.807) is 18.3 Å². The first-order valence-electron chi connectivity index (χ1n) is 6.56. The number of anilines is 1. The van der Waals surface area contributed by atoms with Crippen molar-refractivity contribution in [3.05, 3.63) is 70.9 Å². The van der Waals surface area contributed by atoms with Crippen molar-refractivity contribution in [2.24, 2.45) is 0 Å². The van der Waals surface area contributed by atoms with Crippen molar-refractivity contribution < 1.29 is 4.79 Å². The van der Waals surface area contributed by atoms with Crippen LogP contribution in [0.1, 0.15) is 15.9 Å². The smallest absolute Gasteiger partial charge is 0.256 e. The molecular formula is C17H13ClN2O. The normalized spacial score (nSPS) is 10.6. The van der Waals surface area contributed by atoms with Crippen LogP contribution < -0.4 is 5.32 Å². The topological polar surface area (TPSA) is 42.0 Å². The van der Waals surface area contributed by atoms with E-state index in [4.69, 9.17) is 11.6 Å². The van der Waals surface area contributed by atoms with Gasteiger partial charge in [-0.25, -0.2) is 0 Å². The Bertz CT molecular complexity index is 825. The predicted molar refractivity (Wildman–Crippen MR) is 85.9 cm³/mol. The number of carbonyl (C=O) groups excluding carboxylic acids is 1. The third-order valence-corrected chi connectivity index (χ3v) is 3.58. The quantitative estimate of drug-likeness (QED) is 0.759. The molecule has 3 rings (SSSR count). The lowest BCUT2D eigenvalue weighted by Gasteiger charge is -2.09. The predicted octanol–water partition coefficient (Wildman–Crippen LogP) is 4.45. The molecule has 2 aromatic carbocycles. The molecule has 0 aliphatic heterocycles. The van der Waals surface area contributed by atoms with E-state index in [1.807, 2.05) is 43.3 Å². The van der Waals surface area contributed by atoms with Crippen molar-refractivity contribution in [3.63, 3.8) is 0 Å². The molecule has 21 heavy (non-hydrogen) atoms. The monoisotopic (exact) mass is 296 g/mol. The van der Waals surface area contributed by atoms with E-state index in [-0.39, 0.29) is 5.91 Å². The van der Waals surface area contributed by atoms with Crippen molar-refractivity contribution in [1.29, 1.82) is 0 Å². The highest BCUT2D eigenvalue weighted by atomic mass is 35.5. The SMILES string of the molecule is Cc1ccc(NC(=O)c2ccnc3ccccc23)c(Cl)c1. The molecule has 1 heterocycles. The van der Waals surface area contributed by atoms with Crippen LogP contribution in [0.3, 0.4) is 0 Å². The molecule has 0 atom stereocenters. The molecule has 0 aliphatic rings. The van der Waals surface area contributed by atoms with Crippen molar-refractivity contribution >= 4 is 34.1 Å². The molecule has 1 amide bonds. The van der Waals surface area contributed by atoms with Crippen LogP contribution in [-0.2, 0) is 0 Å². The Kier molecular flexibility index (Phi) is 3.59. The third-order valence-electron chi connectivity index (χ3n) is 3.27. The summed E-state index contributed by atoms with van der Waals surface area (Å²) in [5.41, 5.74) is 3.03. The average Bonchev–Trinajstić information content (AvgIpc) is 2.49. The van der Waals surface area contributed by atoms with Gasteiger partial charge in [0.2, 0.25) is 0 Å². The van der Waals surface area contributed by atoms with Crippen LogP contribution in [0.25, 0.3) is 10.9 Å². The van der Waals surface area contributed by atoms with Crippen LogP contribution in [0.2, 0.25) is 5.02 Å². The largest absolute Gasteiger partial charge is 0.321 e. The number of rotatable bonds is 2. The number of pyridine rings is 1. The third kappa shape index (κ3) is 2.73. The van der Waals surface area contributed by atoms with E-state index in [0.29, 0.717) is 16.3 Å². The van der Waals surface area contributed by atoms with Crippen molar-refractivity contribution in [1.82, 2.24) is 4.98 Å². The number of aromatic nitrogens is 1. The highest BCUT2D eigenvalue weighted by molar-refractivity contribution is 6.34. The molecule has 0 bridgehead atoms. The summed E-state index contributed by atoms with van der Waals surface area (Å²) in [4.78, 5) is 16.7. The number of benzene rings is 2. The maximum Gasteiger partial charge on any atom is 0.256 e. The Labute approximate surface area is 127 Å². The summed E-state index contributed by atoms with van der Waals surface area (Å²) in [6.07, 6.45) is 1.63. The summed E-state index contributed by atoms with van der Waals surface area (Å²) < 4.78 is 0. The van der Waals surface area contributed by atoms with Crippen molar-refractivity contribution in [3.8, 4) is 0 Å². The lowest BCUT2D eigenvalue weighted by atomic mass is 10.1. The fourth-order valence-corrected chi connectivity index (χ4v) is 2.49. The first-order chi connectivity index (χ1) is 10.1. The standard InChI is InChI=1S/C17H13ClN2O/c1-11-6-7-16(14(18)10-11)20-17(21)13-8-9-19-15-5-3-2-4-12(13)15/h2-10H,1H3,(H,20,21). The van der Waals surface area contributed by atoms with Gasteiger partial charge in [0.25, 0.3) is 5.91 Å². The van der Waals surface area contributed by atoms with Gasteiger partial charge in [0, 0.05) is 11.6 Å². The van der Waals surface area contributed by atoms with Crippen molar-refractivity contribution in [2.45, 2.75) is 6.92 Å². The van der Waals surface area contributed by atoms with Gasteiger partial charge < -0.3 is 5.32 Å². The van der Waals surface area contributed by atoms with Crippen LogP contribution in [0.15, 0.2) is 54.7 Å². The highest BCUT2D eigenvalue weighted by Crippen LogP contribution is 2.24. The molecule has 0 saturated carbocycles. The fourth-order valence-electron chi connectivity index (χ4n) is 2.21. The summed E-state index contributed by atoms with van der Waals surface area (Å²) >= 11 is 6.15. The molecule has 1 aromatic heterocycles. The van der Waals surface area contributed by atoms with E-state index in [9.17, 15) is 4.79 Å². The zero-order valence-corrected chi connectivity index (χ0v) is 12.2. The molecule has 3 aromatic rings. The van der Waals surface area contributed by atoms with Gasteiger partial charge in [-0.1, -0.05) is 35.9 Å². The molecular weight excluding hydrogens is 284 g/mol. The number of nitrogens with zero attached hydrogens (tertiary/aromatic N) is 1. The molecule has 0 radical (unpaired) electrons. The molecule has 3 nitrogen and oxygen atoms in total. The Balaban J connectivity index is 1.97. The van der Waals surface area contributed by atoms with Crippen LogP contribution >= 0.6 is 11.6 Å². The second kappa shape index (κ2) is 5.54. The fraction of sp³-hybridized carbons (Fsp3) is 0.0588. The van der Waals surface area contributed by atoms with Crippen LogP contribution in [-0.4, -0.2) is 10.9 Å². The maximum atomic E-state index is 12.5. The Morgan fingerprint density at radius 3 is 2.76 bits per heavy atom. The summed E-state index contributed by atoms with van der Waals surface area (Å²) in [7, 11) is 0. The number of nitrogens with one attached hydrogen (secondary N) is 1. The molecule has 4 heteroatoms. The number of hydrogen-bond donors (Lipinski definition) is 1. The number of hydrogen-bond acceptors (Lipinski definition) is 2. The molecule has 1 N–H and O–H groups in total. The van der Waals surface area contributed by atoms with Gasteiger partial charge in [0.05, 0.1) is 21.8 Å². The van der Waals surface area contributed by atoms with E-state index >= 15 is 0 Å². The van der Waals surface area contributed by atoms with Gasteiger partial charge in [-0.15, -0.1) is 0 Å². The number of halogens is 1. The lowest BCUT2D eigenvalue weighted by molar-refractivity contribution is 0.102. The molecule has 0 aliphatic carbocycles. The first kappa shape index (κ1) is 13.6. The van der Waals surface area contributed by atoms with E-state index < -0.39 is 0 Å². The van der Waals surface area contributed by atoms with Gasteiger partial charge in [0.1, 0.15) is 0 Å². The van der Waals surface area contributed by atoms with Gasteiger partial charge in [0.15, 0.2) is 0 Å². The Hall–Kier alpha value is -2.39. The van der Waals surface area contributed by atoms with E-state index in [1.165, 1.54) is 0 Å². The zero-order chi connectivity index (χ0) is 14.8.